The van der Waals surface area contributed by atoms with Gasteiger partial charge in [-0.1, -0.05) is 12.0 Å². The van der Waals surface area contributed by atoms with Gasteiger partial charge in [0.1, 0.15) is 5.69 Å². The van der Waals surface area contributed by atoms with E-state index in [0.29, 0.717) is 22.5 Å². The largest absolute Gasteiger partial charge is 0.465 e. The second-order valence-electron chi connectivity index (χ2n) is 3.80. The number of methoxy groups -OCH3 is 1. The molecule has 0 unspecified atom stereocenters. The van der Waals surface area contributed by atoms with Gasteiger partial charge in [0.15, 0.2) is 0 Å². The summed E-state index contributed by atoms with van der Waals surface area (Å²) in [6.07, 6.45) is 1.60. The van der Waals surface area contributed by atoms with E-state index in [9.17, 15) is 4.79 Å². The molecule has 0 amide bonds. The molecule has 94 valence electrons. The van der Waals surface area contributed by atoms with E-state index in [4.69, 9.17) is 5.73 Å². The molecule has 0 radical (unpaired) electrons. The summed E-state index contributed by atoms with van der Waals surface area (Å²) in [7, 11) is 1.34. The summed E-state index contributed by atoms with van der Waals surface area (Å²) in [5, 5.41) is 0. The number of esters is 1. The molecule has 4 heteroatoms. The third-order valence-corrected chi connectivity index (χ3v) is 2.40. The summed E-state index contributed by atoms with van der Waals surface area (Å²) < 4.78 is 4.65. The number of hydrogen-bond donors (Lipinski definition) is 1. The van der Waals surface area contributed by atoms with E-state index < -0.39 is 0 Å². The van der Waals surface area contributed by atoms with Gasteiger partial charge in [-0.25, -0.2) is 9.78 Å². The van der Waals surface area contributed by atoms with Crippen molar-refractivity contribution in [3.8, 4) is 11.8 Å². The van der Waals surface area contributed by atoms with Crippen LogP contribution < -0.4 is 5.73 Å². The summed E-state index contributed by atoms with van der Waals surface area (Å²) in [6, 6.07) is 10.3. The maximum atomic E-state index is 11.4. The first kappa shape index (κ1) is 12.7. The number of carbonyl (C=O) groups is 1. The maximum absolute atomic E-state index is 11.4. The van der Waals surface area contributed by atoms with Crippen LogP contribution in [0.2, 0.25) is 0 Å². The molecule has 0 bridgehead atoms. The van der Waals surface area contributed by atoms with Crippen molar-refractivity contribution in [3.05, 3.63) is 59.4 Å². The second kappa shape index (κ2) is 5.69. The number of aromatic nitrogens is 1. The number of rotatable bonds is 1. The van der Waals surface area contributed by atoms with Gasteiger partial charge >= 0.3 is 5.97 Å². The molecule has 4 nitrogen and oxygen atoms in total. The van der Waals surface area contributed by atoms with Gasteiger partial charge in [0.25, 0.3) is 0 Å². The van der Waals surface area contributed by atoms with Crippen LogP contribution in [0.15, 0.2) is 42.6 Å². The molecule has 0 spiro atoms. The van der Waals surface area contributed by atoms with Crippen LogP contribution in [-0.2, 0) is 4.74 Å². The van der Waals surface area contributed by atoms with Crippen LogP contribution in [0.4, 0.5) is 5.69 Å². The minimum atomic E-state index is -0.384. The van der Waals surface area contributed by atoms with Crippen molar-refractivity contribution in [1.82, 2.24) is 4.98 Å². The van der Waals surface area contributed by atoms with Gasteiger partial charge in [0, 0.05) is 17.4 Å². The standard InChI is InChI=1S/C15H12N2O2/c1-19-15(18)12-4-2-3-11(9-12)5-6-14-10-13(16)7-8-17-14/h2-4,7-10H,1H3,(H2,16,17). The van der Waals surface area contributed by atoms with Gasteiger partial charge < -0.3 is 10.5 Å². The van der Waals surface area contributed by atoms with Crippen molar-refractivity contribution < 1.29 is 9.53 Å². The van der Waals surface area contributed by atoms with Crippen molar-refractivity contribution in [2.75, 3.05) is 12.8 Å². The van der Waals surface area contributed by atoms with Crippen molar-refractivity contribution in [2.45, 2.75) is 0 Å². The number of nitrogen functional groups attached to an aromatic ring is 1. The lowest BCUT2D eigenvalue weighted by Gasteiger charge is -1.98. The van der Waals surface area contributed by atoms with E-state index >= 15 is 0 Å². The number of nitrogens with zero attached hydrogens (tertiary/aromatic N) is 1. The van der Waals surface area contributed by atoms with Gasteiger partial charge in [-0.05, 0) is 36.3 Å². The first-order chi connectivity index (χ1) is 9.19. The topological polar surface area (TPSA) is 65.2 Å². The Hall–Kier alpha value is -2.80. The Morgan fingerprint density at radius 3 is 2.84 bits per heavy atom. The number of nitrogens with two attached hydrogens (primary N) is 1. The minimum absolute atomic E-state index is 0.384. The highest BCUT2D eigenvalue weighted by molar-refractivity contribution is 5.89. The molecule has 1 heterocycles. The molecule has 1 aromatic carbocycles. The van der Waals surface area contributed by atoms with Crippen LogP contribution in [0.3, 0.4) is 0 Å². The molecule has 0 aliphatic rings. The van der Waals surface area contributed by atoms with Crippen molar-refractivity contribution in [2.24, 2.45) is 0 Å². The second-order valence-corrected chi connectivity index (χ2v) is 3.80. The fraction of sp³-hybridized carbons (Fsp3) is 0.0667. The molecule has 1 aromatic heterocycles. The molecule has 2 rings (SSSR count). The fourth-order valence-corrected chi connectivity index (χ4v) is 1.49. The highest BCUT2D eigenvalue weighted by atomic mass is 16.5. The Labute approximate surface area is 111 Å². The number of ether oxygens (including phenoxy) is 1. The van der Waals surface area contributed by atoms with E-state index in [1.165, 1.54) is 7.11 Å². The van der Waals surface area contributed by atoms with Gasteiger partial charge in [-0.3, -0.25) is 0 Å². The number of anilines is 1. The molecule has 0 atom stereocenters. The number of carbonyl (C=O) groups excluding carboxylic acids is 1. The summed E-state index contributed by atoms with van der Waals surface area (Å²) in [5.41, 5.74) is 8.02. The van der Waals surface area contributed by atoms with Crippen LogP contribution in [-0.4, -0.2) is 18.1 Å². The third-order valence-electron chi connectivity index (χ3n) is 2.40. The first-order valence-electron chi connectivity index (χ1n) is 5.61. The Kier molecular flexibility index (Phi) is 3.79. The molecule has 19 heavy (non-hydrogen) atoms. The van der Waals surface area contributed by atoms with E-state index in [1.807, 2.05) is 6.07 Å². The molecule has 0 aliphatic heterocycles. The average Bonchev–Trinajstić information content (AvgIpc) is 2.45. The number of pyridine rings is 1. The van der Waals surface area contributed by atoms with Crippen molar-refractivity contribution in [1.29, 1.82) is 0 Å². The van der Waals surface area contributed by atoms with Crippen LogP contribution in [0.5, 0.6) is 0 Å². The van der Waals surface area contributed by atoms with Crippen LogP contribution in [0.1, 0.15) is 21.6 Å². The zero-order valence-corrected chi connectivity index (χ0v) is 10.4. The fourth-order valence-electron chi connectivity index (χ4n) is 1.49. The van der Waals surface area contributed by atoms with Gasteiger partial charge in [-0.15, -0.1) is 0 Å². The minimum Gasteiger partial charge on any atom is -0.465 e. The summed E-state index contributed by atoms with van der Waals surface area (Å²) in [4.78, 5) is 15.5. The van der Waals surface area contributed by atoms with Gasteiger partial charge in [-0.2, -0.15) is 0 Å². The van der Waals surface area contributed by atoms with Gasteiger partial charge in [0.05, 0.1) is 12.7 Å². The predicted octanol–water partition coefficient (Wildman–Crippen LogP) is 1.85. The van der Waals surface area contributed by atoms with E-state index in [2.05, 4.69) is 21.6 Å². The monoisotopic (exact) mass is 252 g/mol. The Morgan fingerprint density at radius 1 is 1.26 bits per heavy atom. The summed E-state index contributed by atoms with van der Waals surface area (Å²) >= 11 is 0. The smallest absolute Gasteiger partial charge is 0.337 e. The zero-order valence-electron chi connectivity index (χ0n) is 10.4. The van der Waals surface area contributed by atoms with Gasteiger partial charge in [0.2, 0.25) is 0 Å². The normalized spacial score (nSPS) is 9.32. The first-order valence-corrected chi connectivity index (χ1v) is 5.61. The van der Waals surface area contributed by atoms with Crippen LogP contribution >= 0.6 is 0 Å². The SMILES string of the molecule is COC(=O)c1cccc(C#Cc2cc(N)ccn2)c1. The molecule has 0 fully saturated rings. The highest BCUT2D eigenvalue weighted by Gasteiger charge is 2.04. The third kappa shape index (κ3) is 3.33. The zero-order chi connectivity index (χ0) is 13.7. The summed E-state index contributed by atoms with van der Waals surface area (Å²) in [6.45, 7) is 0. The predicted molar refractivity (Wildman–Crippen MR) is 72.4 cm³/mol. The Balaban J connectivity index is 2.27. The van der Waals surface area contributed by atoms with Crippen molar-refractivity contribution >= 4 is 11.7 Å². The van der Waals surface area contributed by atoms with E-state index in [1.54, 1.807) is 36.5 Å². The van der Waals surface area contributed by atoms with Crippen LogP contribution in [0, 0.1) is 11.8 Å². The van der Waals surface area contributed by atoms with E-state index in [-0.39, 0.29) is 5.97 Å². The number of benzene rings is 1. The quantitative estimate of drug-likeness (QED) is 0.621. The van der Waals surface area contributed by atoms with E-state index in [0.717, 1.165) is 0 Å². The lowest BCUT2D eigenvalue weighted by molar-refractivity contribution is 0.0600. The van der Waals surface area contributed by atoms with Crippen LogP contribution in [0.25, 0.3) is 0 Å². The lowest BCUT2D eigenvalue weighted by atomic mass is 10.1. The molecule has 2 N–H and O–H groups in total. The Morgan fingerprint density at radius 2 is 2.11 bits per heavy atom. The molecule has 0 saturated carbocycles. The highest BCUT2D eigenvalue weighted by Crippen LogP contribution is 2.06. The maximum Gasteiger partial charge on any atom is 0.337 e. The summed E-state index contributed by atoms with van der Waals surface area (Å²) in [5.74, 6) is 5.44. The average molecular weight is 252 g/mol. The molecule has 0 aliphatic carbocycles. The lowest BCUT2D eigenvalue weighted by Crippen LogP contribution is -2.00. The molecule has 0 saturated heterocycles. The molecule has 2 aromatic rings. The Bertz CT molecular complexity index is 669. The molecular weight excluding hydrogens is 240 g/mol. The number of hydrogen-bond acceptors (Lipinski definition) is 4. The van der Waals surface area contributed by atoms with Crippen molar-refractivity contribution in [3.63, 3.8) is 0 Å². The molecular formula is C15H12N2O2.